The van der Waals surface area contributed by atoms with Gasteiger partial charge in [-0.25, -0.2) is 0 Å². The Morgan fingerprint density at radius 2 is 1.38 bits per heavy atom. The van der Waals surface area contributed by atoms with Crippen LogP contribution in [0.2, 0.25) is 0 Å². The van der Waals surface area contributed by atoms with E-state index in [-0.39, 0.29) is 13.3 Å². The van der Waals surface area contributed by atoms with Crippen LogP contribution in [0.25, 0.3) is 11.4 Å². The van der Waals surface area contributed by atoms with Crippen LogP contribution in [0, 0.1) is 48.5 Å². The molecule has 0 aromatic carbocycles. The Bertz CT molecular complexity index is 1040. The van der Waals surface area contributed by atoms with Gasteiger partial charge in [-0.05, 0) is 70.7 Å². The van der Waals surface area contributed by atoms with Crippen LogP contribution in [0.4, 0.5) is 5.69 Å². The highest BCUT2D eigenvalue weighted by atomic mass is 16.1. The maximum Gasteiger partial charge on any atom is 0.221 e. The van der Waals surface area contributed by atoms with E-state index in [9.17, 15) is 4.79 Å². The minimum atomic E-state index is -0.113. The summed E-state index contributed by atoms with van der Waals surface area (Å²) in [6.07, 6.45) is 1.79. The molecule has 0 bridgehead atoms. The normalized spacial score (nSPS) is 9.75. The summed E-state index contributed by atoms with van der Waals surface area (Å²) in [7, 11) is 3.80. The van der Waals surface area contributed by atoms with Crippen molar-refractivity contribution in [2.75, 3.05) is 5.32 Å². The van der Waals surface area contributed by atoms with E-state index in [1.165, 1.54) is 29.3 Å². The van der Waals surface area contributed by atoms with Gasteiger partial charge in [0.25, 0.3) is 0 Å². The van der Waals surface area contributed by atoms with Crippen LogP contribution in [0.3, 0.4) is 0 Å². The molecule has 0 saturated heterocycles. The third-order valence-electron chi connectivity index (χ3n) is 5.54. The van der Waals surface area contributed by atoms with Crippen molar-refractivity contribution in [1.82, 2.24) is 24.5 Å². The summed E-state index contributed by atoms with van der Waals surface area (Å²) in [5.41, 5.74) is 10.4. The smallest absolute Gasteiger partial charge is 0.221 e. The highest BCUT2D eigenvalue weighted by Crippen LogP contribution is 2.30. The molecule has 7 nitrogen and oxygen atoms in total. The fourth-order valence-corrected chi connectivity index (χ4v) is 3.12. The third kappa shape index (κ3) is 6.52. The third-order valence-corrected chi connectivity index (χ3v) is 5.54. The van der Waals surface area contributed by atoms with E-state index in [0.29, 0.717) is 11.4 Å². The van der Waals surface area contributed by atoms with Crippen LogP contribution in [0.1, 0.15) is 67.5 Å². The number of carbonyl (C=O) groups excluding carboxylic acids is 1. The molecule has 0 aliphatic rings. The number of nitrogens with one attached hydrogen (secondary N) is 1. The second-order valence-corrected chi connectivity index (χ2v) is 7.59. The first kappa shape index (κ1) is 29.0. The van der Waals surface area contributed by atoms with Crippen LogP contribution in [0.5, 0.6) is 0 Å². The number of hydrogen-bond donors (Lipinski definition) is 1. The lowest BCUT2D eigenvalue weighted by Crippen LogP contribution is -2.07. The molecule has 0 aliphatic carbocycles. The van der Waals surface area contributed by atoms with E-state index < -0.39 is 0 Å². The van der Waals surface area contributed by atoms with Crippen LogP contribution < -0.4 is 5.32 Å². The predicted octanol–water partition coefficient (Wildman–Crippen LogP) is 5.68. The Morgan fingerprint density at radius 3 is 1.78 bits per heavy atom. The van der Waals surface area contributed by atoms with Gasteiger partial charge in [0, 0.05) is 38.6 Å². The van der Waals surface area contributed by atoms with Crippen molar-refractivity contribution >= 4 is 11.6 Å². The maximum absolute atomic E-state index is 11.3. The molecule has 0 spiro atoms. The number of nitrogens with zero attached hydrogens (tertiary/aromatic N) is 5. The minimum Gasteiger partial charge on any atom is -0.323 e. The van der Waals surface area contributed by atoms with Crippen LogP contribution in [-0.2, 0) is 18.9 Å². The van der Waals surface area contributed by atoms with Crippen molar-refractivity contribution < 1.29 is 4.79 Å². The van der Waals surface area contributed by atoms with E-state index in [1.54, 1.807) is 10.9 Å². The zero-order valence-electron chi connectivity index (χ0n) is 21.2. The lowest BCUT2D eigenvalue weighted by Gasteiger charge is -2.12. The largest absolute Gasteiger partial charge is 0.323 e. The van der Waals surface area contributed by atoms with Crippen molar-refractivity contribution in [1.29, 1.82) is 0 Å². The molecule has 1 amide bonds. The summed E-state index contributed by atoms with van der Waals surface area (Å²) in [6, 6.07) is 0. The molecule has 0 radical (unpaired) electrons. The van der Waals surface area contributed by atoms with Gasteiger partial charge in [0.2, 0.25) is 5.91 Å². The van der Waals surface area contributed by atoms with Gasteiger partial charge in [-0.1, -0.05) is 21.3 Å². The van der Waals surface area contributed by atoms with Gasteiger partial charge >= 0.3 is 0 Å². The molecule has 3 aromatic rings. The van der Waals surface area contributed by atoms with E-state index in [0.717, 1.165) is 22.6 Å². The number of carbonyl (C=O) groups is 1. The fourth-order valence-electron chi connectivity index (χ4n) is 3.12. The van der Waals surface area contributed by atoms with E-state index in [1.807, 2.05) is 53.4 Å². The second kappa shape index (κ2) is 12.2. The number of amides is 1. The van der Waals surface area contributed by atoms with Gasteiger partial charge in [0.05, 0.1) is 17.1 Å². The van der Waals surface area contributed by atoms with Crippen LogP contribution in [-0.4, -0.2) is 30.5 Å². The summed E-state index contributed by atoms with van der Waals surface area (Å²) >= 11 is 0. The molecule has 0 atom stereocenters. The second-order valence-electron chi connectivity index (χ2n) is 7.59. The molecule has 3 heterocycles. The monoisotopic (exact) mass is 442 g/mol. The van der Waals surface area contributed by atoms with Gasteiger partial charge in [-0.2, -0.15) is 10.2 Å². The van der Waals surface area contributed by atoms with Crippen molar-refractivity contribution in [2.45, 2.75) is 76.7 Å². The van der Waals surface area contributed by atoms with Crippen molar-refractivity contribution in [2.24, 2.45) is 14.1 Å². The topological polar surface area (TPSA) is 77.6 Å². The number of pyridine rings is 1. The summed E-state index contributed by atoms with van der Waals surface area (Å²) in [5, 5.41) is 11.5. The number of aryl methyl sites for hydroxylation is 4. The summed E-state index contributed by atoms with van der Waals surface area (Å²) in [5.74, 6) is -0.113. The number of rotatable bonds is 2. The van der Waals surface area contributed by atoms with Crippen molar-refractivity contribution in [3.05, 3.63) is 45.5 Å². The Morgan fingerprint density at radius 1 is 0.812 bits per heavy atom. The first-order valence-corrected chi connectivity index (χ1v) is 10.7. The average molecular weight is 443 g/mol. The predicted molar refractivity (Wildman–Crippen MR) is 135 cm³/mol. The standard InChI is InChI=1S/C15H20N4O.C7H12N2.C2H6.CH4/c1-8-9(2)11(4)16-14(10(8)3)15-13(17-12(5)20)7-19(6)18-15;1-5-6(2)8-9(4)7(5)3;1-2;/h7H,1-6H3,(H,17,20);1-4H3;1-2H3;1H4. The summed E-state index contributed by atoms with van der Waals surface area (Å²) in [4.78, 5) is 16.0. The van der Waals surface area contributed by atoms with Crippen LogP contribution >= 0.6 is 0 Å². The number of anilines is 1. The first-order chi connectivity index (χ1) is 14.4. The van der Waals surface area contributed by atoms with Gasteiger partial charge in [-0.3, -0.25) is 19.1 Å². The maximum atomic E-state index is 11.3. The molecule has 0 unspecified atom stereocenters. The van der Waals surface area contributed by atoms with E-state index in [2.05, 4.69) is 48.2 Å². The molecule has 178 valence electrons. The Hall–Kier alpha value is -2.96. The molecular weight excluding hydrogens is 400 g/mol. The minimum absolute atomic E-state index is 0. The molecule has 32 heavy (non-hydrogen) atoms. The SMILES string of the molecule is C.CC.CC(=O)Nc1cn(C)nc1-c1nc(C)c(C)c(C)c1C.Cc1nn(C)c(C)c1C. The van der Waals surface area contributed by atoms with Crippen molar-refractivity contribution in [3.8, 4) is 11.4 Å². The van der Waals surface area contributed by atoms with Gasteiger partial charge in [0.15, 0.2) is 0 Å². The highest BCUT2D eigenvalue weighted by Gasteiger charge is 2.17. The molecule has 3 aromatic heterocycles. The molecule has 1 N–H and O–H groups in total. The number of hydrogen-bond acceptors (Lipinski definition) is 4. The number of aromatic nitrogens is 5. The molecule has 3 rings (SSSR count). The van der Waals surface area contributed by atoms with E-state index >= 15 is 0 Å². The Labute approximate surface area is 194 Å². The molecule has 7 heteroatoms. The van der Waals surface area contributed by atoms with E-state index in [4.69, 9.17) is 0 Å². The molecule has 0 aliphatic heterocycles. The Kier molecular flexibility index (Phi) is 11.0. The first-order valence-electron chi connectivity index (χ1n) is 10.7. The van der Waals surface area contributed by atoms with Gasteiger partial charge < -0.3 is 5.32 Å². The summed E-state index contributed by atoms with van der Waals surface area (Å²) < 4.78 is 3.59. The lowest BCUT2D eigenvalue weighted by molar-refractivity contribution is -0.114. The zero-order valence-corrected chi connectivity index (χ0v) is 21.2. The van der Waals surface area contributed by atoms with Crippen molar-refractivity contribution in [3.63, 3.8) is 0 Å². The quantitative estimate of drug-likeness (QED) is 0.554. The lowest BCUT2D eigenvalue weighted by atomic mass is 10.0. The Balaban J connectivity index is 0.000000674. The molecular formula is C25H42N6O. The zero-order chi connectivity index (χ0) is 24.0. The van der Waals surface area contributed by atoms with Gasteiger partial charge in [-0.15, -0.1) is 0 Å². The van der Waals surface area contributed by atoms with Crippen LogP contribution in [0.15, 0.2) is 6.20 Å². The molecule has 0 saturated carbocycles. The fraction of sp³-hybridized carbons (Fsp3) is 0.520. The van der Waals surface area contributed by atoms with Gasteiger partial charge in [0.1, 0.15) is 5.69 Å². The molecule has 0 fully saturated rings. The highest BCUT2D eigenvalue weighted by molar-refractivity contribution is 5.92. The average Bonchev–Trinajstić information content (AvgIpc) is 3.18. The summed E-state index contributed by atoms with van der Waals surface area (Å²) in [6.45, 7) is 19.9.